The Kier molecular flexibility index (Phi) is 4.58. The van der Waals surface area contributed by atoms with Crippen molar-refractivity contribution in [1.82, 2.24) is 4.98 Å². The first-order valence-corrected chi connectivity index (χ1v) is 8.45. The average Bonchev–Trinajstić information content (AvgIpc) is 2.88. The van der Waals surface area contributed by atoms with Crippen molar-refractivity contribution in [3.63, 3.8) is 0 Å². The van der Waals surface area contributed by atoms with E-state index >= 15 is 0 Å². The van der Waals surface area contributed by atoms with Gasteiger partial charge in [-0.1, -0.05) is 41.3 Å². The summed E-state index contributed by atoms with van der Waals surface area (Å²) in [5, 5.41) is 3.21. The Morgan fingerprint density at radius 1 is 1.26 bits per heavy atom. The lowest BCUT2D eigenvalue weighted by molar-refractivity contribution is 0.102. The lowest BCUT2D eigenvalue weighted by Gasteiger charge is -2.04. The molecule has 0 radical (unpaired) electrons. The molecule has 0 aliphatic carbocycles. The molecule has 1 heterocycles. The molecule has 3 rings (SSSR count). The zero-order valence-corrected chi connectivity index (χ0v) is 13.7. The molecule has 0 unspecified atom stereocenters. The van der Waals surface area contributed by atoms with Gasteiger partial charge in [0, 0.05) is 10.5 Å². The van der Waals surface area contributed by atoms with Gasteiger partial charge in [-0.15, -0.1) is 0 Å². The Bertz CT molecular complexity index is 864. The van der Waals surface area contributed by atoms with Crippen molar-refractivity contribution in [2.45, 2.75) is 17.6 Å². The molecule has 0 bridgehead atoms. The molecule has 0 aliphatic rings. The number of rotatable bonds is 4. The highest BCUT2D eigenvalue weighted by atomic mass is 32.2. The fourth-order valence-electron chi connectivity index (χ4n) is 2.13. The van der Waals surface area contributed by atoms with Crippen LogP contribution in [0.25, 0.3) is 10.2 Å². The van der Waals surface area contributed by atoms with Crippen LogP contribution < -0.4 is 5.32 Å². The molecule has 0 spiro atoms. The van der Waals surface area contributed by atoms with Gasteiger partial charge in [0.25, 0.3) is 11.7 Å². The Morgan fingerprint density at radius 3 is 2.78 bits per heavy atom. The Morgan fingerprint density at radius 2 is 2.04 bits per heavy atom. The van der Waals surface area contributed by atoms with Gasteiger partial charge in [0.15, 0.2) is 5.13 Å². The summed E-state index contributed by atoms with van der Waals surface area (Å²) in [5.74, 6) is -2.69. The lowest BCUT2D eigenvalue weighted by atomic mass is 10.1. The van der Waals surface area contributed by atoms with Crippen LogP contribution in [0.1, 0.15) is 15.9 Å². The number of benzene rings is 2. The molecular weight excluding hydrogens is 338 g/mol. The fourth-order valence-corrected chi connectivity index (χ4v) is 3.64. The van der Waals surface area contributed by atoms with E-state index in [0.717, 1.165) is 10.3 Å². The first kappa shape index (κ1) is 15.9. The van der Waals surface area contributed by atoms with Crippen molar-refractivity contribution in [2.24, 2.45) is 0 Å². The summed E-state index contributed by atoms with van der Waals surface area (Å²) in [6, 6.07) is 12.2. The third-order valence-corrected chi connectivity index (χ3v) is 4.83. The van der Waals surface area contributed by atoms with E-state index < -0.39 is 5.76 Å². The zero-order chi connectivity index (χ0) is 16.4. The molecule has 3 nitrogen and oxygen atoms in total. The number of halogens is 2. The van der Waals surface area contributed by atoms with Crippen molar-refractivity contribution in [1.29, 1.82) is 0 Å². The van der Waals surface area contributed by atoms with Gasteiger partial charge >= 0.3 is 0 Å². The van der Waals surface area contributed by atoms with Gasteiger partial charge in [-0.05, 0) is 36.8 Å². The maximum absolute atomic E-state index is 12.4. The van der Waals surface area contributed by atoms with Gasteiger partial charge < -0.3 is 0 Å². The number of nitrogens with one attached hydrogen (secondary N) is 1. The number of fused-ring (bicyclic) bond motifs is 1. The number of thiazole rings is 1. The smallest absolute Gasteiger partial charge is 0.288 e. The van der Waals surface area contributed by atoms with Crippen molar-refractivity contribution in [3.05, 3.63) is 53.6 Å². The predicted molar refractivity (Wildman–Crippen MR) is 90.6 cm³/mol. The van der Waals surface area contributed by atoms with Gasteiger partial charge in [-0.2, -0.15) is 8.78 Å². The molecule has 1 amide bonds. The summed E-state index contributed by atoms with van der Waals surface area (Å²) >= 11 is 1.76. The molecular formula is C16H12F2N2OS2. The number of thioether (sulfide) groups is 1. The minimum atomic E-state index is -2.46. The number of nitrogens with zero attached hydrogens (tertiary/aromatic N) is 1. The third kappa shape index (κ3) is 3.68. The number of anilines is 1. The topological polar surface area (TPSA) is 42.0 Å². The maximum Gasteiger partial charge on any atom is 0.288 e. The van der Waals surface area contributed by atoms with Crippen molar-refractivity contribution in [3.8, 4) is 0 Å². The van der Waals surface area contributed by atoms with Crippen LogP contribution in [0.5, 0.6) is 0 Å². The number of aromatic nitrogens is 1. The molecule has 0 saturated carbocycles. The molecule has 23 heavy (non-hydrogen) atoms. The molecule has 2 aromatic carbocycles. The number of carbonyl (C=O) groups is 1. The Balaban J connectivity index is 1.83. The number of hydrogen-bond acceptors (Lipinski definition) is 4. The molecule has 3 aromatic rings. The van der Waals surface area contributed by atoms with Crippen LogP contribution in [0.3, 0.4) is 0 Å². The van der Waals surface area contributed by atoms with E-state index in [1.54, 1.807) is 30.3 Å². The highest BCUT2D eigenvalue weighted by Crippen LogP contribution is 2.32. The molecule has 118 valence electrons. The summed E-state index contributed by atoms with van der Waals surface area (Å²) in [6.45, 7) is 1.86. The minimum Gasteiger partial charge on any atom is -0.298 e. The minimum absolute atomic E-state index is 0.232. The largest absolute Gasteiger partial charge is 0.298 e. The lowest BCUT2D eigenvalue weighted by Crippen LogP contribution is -2.12. The van der Waals surface area contributed by atoms with Gasteiger partial charge in [-0.25, -0.2) is 4.98 Å². The zero-order valence-electron chi connectivity index (χ0n) is 12.0. The van der Waals surface area contributed by atoms with Crippen LogP contribution in [0, 0.1) is 6.92 Å². The summed E-state index contributed by atoms with van der Waals surface area (Å²) in [5.41, 5.74) is 2.14. The van der Waals surface area contributed by atoms with E-state index in [0.29, 0.717) is 32.9 Å². The number of aryl methyl sites for hydroxylation is 1. The molecule has 0 saturated heterocycles. The molecule has 7 heteroatoms. The summed E-state index contributed by atoms with van der Waals surface area (Å²) in [7, 11) is 0. The number of amides is 1. The molecule has 0 atom stereocenters. The van der Waals surface area contributed by atoms with E-state index in [9.17, 15) is 13.6 Å². The first-order valence-electron chi connectivity index (χ1n) is 6.75. The van der Waals surface area contributed by atoms with Gasteiger partial charge in [0.05, 0.1) is 10.2 Å². The van der Waals surface area contributed by atoms with Crippen LogP contribution in [0.15, 0.2) is 47.4 Å². The third-order valence-electron chi connectivity index (χ3n) is 3.20. The molecule has 1 N–H and O–H groups in total. The van der Waals surface area contributed by atoms with E-state index in [4.69, 9.17) is 0 Å². The standard InChI is InChI=1S/C16H12F2N2OS2/c1-9-4-2-3-5-11(9)14(21)20-16-19-12-7-6-10(22-15(17)18)8-13(12)23-16/h2-8,15H,1H3,(H,19,20,21). The maximum atomic E-state index is 12.4. The van der Waals surface area contributed by atoms with Gasteiger partial charge in [0.1, 0.15) is 0 Å². The molecule has 0 aliphatic heterocycles. The average molecular weight is 350 g/mol. The van der Waals surface area contributed by atoms with Crippen LogP contribution in [0.2, 0.25) is 0 Å². The highest BCUT2D eigenvalue weighted by Gasteiger charge is 2.13. The van der Waals surface area contributed by atoms with Gasteiger partial charge in [-0.3, -0.25) is 10.1 Å². The highest BCUT2D eigenvalue weighted by molar-refractivity contribution is 7.99. The quantitative estimate of drug-likeness (QED) is 0.660. The number of hydrogen-bond donors (Lipinski definition) is 1. The Labute approximate surface area is 139 Å². The normalized spacial score (nSPS) is 11.1. The van der Waals surface area contributed by atoms with Crippen LogP contribution in [-0.2, 0) is 0 Å². The van der Waals surface area contributed by atoms with E-state index in [1.165, 1.54) is 11.3 Å². The van der Waals surface area contributed by atoms with Gasteiger partial charge in [0.2, 0.25) is 0 Å². The Hall–Kier alpha value is -1.99. The predicted octanol–water partition coefficient (Wildman–Crippen LogP) is 5.17. The van der Waals surface area contributed by atoms with Crippen LogP contribution in [-0.4, -0.2) is 16.6 Å². The van der Waals surface area contributed by atoms with E-state index in [1.807, 2.05) is 19.1 Å². The second kappa shape index (κ2) is 6.64. The van der Waals surface area contributed by atoms with Crippen molar-refractivity contribution >= 4 is 44.4 Å². The number of carbonyl (C=O) groups excluding carboxylic acids is 1. The fraction of sp³-hybridized carbons (Fsp3) is 0.125. The van der Waals surface area contributed by atoms with Crippen LogP contribution >= 0.6 is 23.1 Å². The summed E-state index contributed by atoms with van der Waals surface area (Å²) in [4.78, 5) is 17.1. The molecule has 1 aromatic heterocycles. The van der Waals surface area contributed by atoms with Crippen molar-refractivity contribution < 1.29 is 13.6 Å². The van der Waals surface area contributed by atoms with Crippen LogP contribution in [0.4, 0.5) is 13.9 Å². The second-order valence-electron chi connectivity index (χ2n) is 4.80. The SMILES string of the molecule is Cc1ccccc1C(=O)Nc1nc2ccc(SC(F)F)cc2s1. The molecule has 0 fully saturated rings. The first-order chi connectivity index (χ1) is 11.0. The van der Waals surface area contributed by atoms with E-state index in [2.05, 4.69) is 10.3 Å². The second-order valence-corrected chi connectivity index (χ2v) is 6.89. The summed E-state index contributed by atoms with van der Waals surface area (Å²) < 4.78 is 25.6. The monoisotopic (exact) mass is 350 g/mol. The number of alkyl halides is 2. The van der Waals surface area contributed by atoms with Crippen molar-refractivity contribution in [2.75, 3.05) is 5.32 Å². The van der Waals surface area contributed by atoms with E-state index in [-0.39, 0.29) is 5.91 Å². The summed E-state index contributed by atoms with van der Waals surface area (Å²) in [6.07, 6.45) is 0.